The fourth-order valence-electron chi connectivity index (χ4n) is 5.62. The number of hydrogen-bond donors (Lipinski definition) is 3. The highest BCUT2D eigenvalue weighted by Gasteiger charge is 2.25. The number of methoxy groups -OCH3 is 2. The summed E-state index contributed by atoms with van der Waals surface area (Å²) in [5, 5.41) is 20.4. The van der Waals surface area contributed by atoms with E-state index >= 15 is 0 Å². The molecule has 0 spiro atoms. The second-order valence-electron chi connectivity index (χ2n) is 12.2. The van der Waals surface area contributed by atoms with Crippen LogP contribution in [0.5, 0.6) is 11.5 Å². The van der Waals surface area contributed by atoms with Gasteiger partial charge in [0.2, 0.25) is 5.91 Å². The lowest BCUT2D eigenvalue weighted by Crippen LogP contribution is -2.30. The van der Waals surface area contributed by atoms with Crippen LogP contribution in [0.3, 0.4) is 0 Å². The van der Waals surface area contributed by atoms with Crippen LogP contribution in [-0.2, 0) is 9.59 Å². The molecule has 1 unspecified atom stereocenters. The number of carbonyl (C=O) groups is 3. The Balaban J connectivity index is 1.25. The maximum atomic E-state index is 14.0. The SMILES string of the molecule is COc1ccc(/C=C(/NC(=O)c2ccccc2)C(=O)Nc2cccc(SC(C(=O)Nc3scc(-c4ccc(C)cc4)c3C#N)c3ccccc3)c2)cc1OC. The number of benzene rings is 5. The first kappa shape index (κ1) is 38.1. The molecule has 1 aromatic heterocycles. The minimum absolute atomic E-state index is 0.00470. The molecule has 0 radical (unpaired) electrons. The molecule has 274 valence electrons. The van der Waals surface area contributed by atoms with Crippen LogP contribution in [0.15, 0.2) is 143 Å². The summed E-state index contributed by atoms with van der Waals surface area (Å²) < 4.78 is 10.8. The van der Waals surface area contributed by atoms with Crippen LogP contribution in [0.25, 0.3) is 17.2 Å². The van der Waals surface area contributed by atoms with Gasteiger partial charge in [0.15, 0.2) is 11.5 Å². The molecular formula is C44H36N4O5S2. The summed E-state index contributed by atoms with van der Waals surface area (Å²) in [5.41, 5.74) is 5.34. The number of thiophene rings is 1. The van der Waals surface area contributed by atoms with Crippen molar-refractivity contribution in [3.8, 4) is 28.7 Å². The minimum atomic E-state index is -0.700. The third-order valence-electron chi connectivity index (χ3n) is 8.44. The van der Waals surface area contributed by atoms with Gasteiger partial charge in [-0.05, 0) is 72.2 Å². The number of ether oxygens (including phenoxy) is 2. The van der Waals surface area contributed by atoms with E-state index in [9.17, 15) is 19.6 Å². The number of amides is 3. The molecule has 0 saturated carbocycles. The van der Waals surface area contributed by atoms with E-state index in [1.165, 1.54) is 37.3 Å². The van der Waals surface area contributed by atoms with Gasteiger partial charge in [-0.2, -0.15) is 5.26 Å². The molecule has 9 nitrogen and oxygen atoms in total. The Hall–Kier alpha value is -6.61. The Kier molecular flexibility index (Phi) is 12.4. The number of rotatable bonds is 13. The second kappa shape index (κ2) is 17.9. The van der Waals surface area contributed by atoms with Crippen molar-refractivity contribution < 1.29 is 23.9 Å². The van der Waals surface area contributed by atoms with E-state index in [2.05, 4.69) is 22.0 Å². The number of aryl methyl sites for hydroxylation is 1. The van der Waals surface area contributed by atoms with Gasteiger partial charge >= 0.3 is 0 Å². The summed E-state index contributed by atoms with van der Waals surface area (Å²) in [6.07, 6.45) is 1.55. The van der Waals surface area contributed by atoms with Crippen molar-refractivity contribution >= 4 is 57.6 Å². The van der Waals surface area contributed by atoms with E-state index in [1.807, 2.05) is 73.0 Å². The lowest BCUT2D eigenvalue weighted by atomic mass is 10.0. The maximum Gasteiger partial charge on any atom is 0.272 e. The number of nitrogens with zero attached hydrogens (tertiary/aromatic N) is 1. The van der Waals surface area contributed by atoms with E-state index in [4.69, 9.17) is 9.47 Å². The molecule has 55 heavy (non-hydrogen) atoms. The monoisotopic (exact) mass is 764 g/mol. The van der Waals surface area contributed by atoms with Crippen molar-refractivity contribution in [1.29, 1.82) is 5.26 Å². The minimum Gasteiger partial charge on any atom is -0.493 e. The molecule has 0 saturated heterocycles. The zero-order chi connectivity index (χ0) is 38.7. The summed E-state index contributed by atoms with van der Waals surface area (Å²) in [6.45, 7) is 2.00. The predicted octanol–water partition coefficient (Wildman–Crippen LogP) is 9.49. The summed E-state index contributed by atoms with van der Waals surface area (Å²) in [6, 6.07) is 40.4. The van der Waals surface area contributed by atoms with Gasteiger partial charge in [0.25, 0.3) is 11.8 Å². The molecule has 0 bridgehead atoms. The number of thioether (sulfide) groups is 1. The molecule has 1 atom stereocenters. The normalized spacial score (nSPS) is 11.5. The Morgan fingerprint density at radius 3 is 2.20 bits per heavy atom. The first-order valence-electron chi connectivity index (χ1n) is 17.1. The van der Waals surface area contributed by atoms with Gasteiger partial charge in [-0.25, -0.2) is 0 Å². The molecular weight excluding hydrogens is 729 g/mol. The van der Waals surface area contributed by atoms with Crippen molar-refractivity contribution in [2.75, 3.05) is 24.9 Å². The summed E-state index contributed by atoms with van der Waals surface area (Å²) in [7, 11) is 3.05. The highest BCUT2D eigenvalue weighted by atomic mass is 32.2. The standard InChI is InChI=1S/C44H36N4O5S2/c1-28-17-20-30(21-18-28)36-27-54-44(35(36)26-45)48-43(51)40(31-11-6-4-7-12-31)55-34-16-10-15-33(25-34)46-42(50)37(47-41(49)32-13-8-5-9-14-32)23-29-19-22-38(52-2)39(24-29)53-3/h4-25,27,40H,1-3H3,(H,46,50)(H,47,49)(H,48,51)/b37-23+. The highest BCUT2D eigenvalue weighted by molar-refractivity contribution is 8.00. The molecule has 0 aliphatic carbocycles. The van der Waals surface area contributed by atoms with Crippen LogP contribution in [-0.4, -0.2) is 31.9 Å². The quantitative estimate of drug-likeness (QED) is 0.0789. The lowest BCUT2D eigenvalue weighted by Gasteiger charge is -2.18. The number of carbonyl (C=O) groups excluding carboxylic acids is 3. The fraction of sp³-hybridized carbons (Fsp3) is 0.0909. The van der Waals surface area contributed by atoms with E-state index < -0.39 is 17.1 Å². The molecule has 0 fully saturated rings. The molecule has 1 heterocycles. The maximum absolute atomic E-state index is 14.0. The fourth-order valence-corrected chi connectivity index (χ4v) is 7.62. The Morgan fingerprint density at radius 2 is 1.51 bits per heavy atom. The van der Waals surface area contributed by atoms with Crippen LogP contribution >= 0.6 is 23.1 Å². The Bertz CT molecular complexity index is 2390. The molecule has 6 rings (SSSR count). The third kappa shape index (κ3) is 9.50. The van der Waals surface area contributed by atoms with Crippen molar-refractivity contribution in [3.05, 3.63) is 166 Å². The topological polar surface area (TPSA) is 130 Å². The Labute approximate surface area is 327 Å². The zero-order valence-corrected chi connectivity index (χ0v) is 31.8. The van der Waals surface area contributed by atoms with Crippen LogP contribution in [0.1, 0.15) is 37.9 Å². The van der Waals surface area contributed by atoms with Crippen LogP contribution in [0.2, 0.25) is 0 Å². The zero-order valence-electron chi connectivity index (χ0n) is 30.2. The molecule has 3 N–H and O–H groups in total. The average Bonchev–Trinajstić information content (AvgIpc) is 3.62. The summed E-state index contributed by atoms with van der Waals surface area (Å²) in [4.78, 5) is 41.8. The molecule has 3 amide bonds. The first-order valence-corrected chi connectivity index (χ1v) is 18.8. The van der Waals surface area contributed by atoms with Gasteiger partial charge in [0.1, 0.15) is 22.0 Å². The lowest BCUT2D eigenvalue weighted by molar-refractivity contribution is -0.116. The van der Waals surface area contributed by atoms with Crippen molar-refractivity contribution in [1.82, 2.24) is 5.32 Å². The third-order valence-corrected chi connectivity index (χ3v) is 10.6. The Morgan fingerprint density at radius 1 is 0.800 bits per heavy atom. The van der Waals surface area contributed by atoms with E-state index in [-0.39, 0.29) is 11.6 Å². The van der Waals surface area contributed by atoms with E-state index in [0.717, 1.165) is 22.3 Å². The van der Waals surface area contributed by atoms with Crippen LogP contribution in [0.4, 0.5) is 10.7 Å². The van der Waals surface area contributed by atoms with Gasteiger partial charge in [-0.3, -0.25) is 14.4 Å². The smallest absolute Gasteiger partial charge is 0.272 e. The van der Waals surface area contributed by atoms with Gasteiger partial charge in [0.05, 0.1) is 19.8 Å². The largest absolute Gasteiger partial charge is 0.493 e. The predicted molar refractivity (Wildman–Crippen MR) is 219 cm³/mol. The molecule has 6 aromatic rings. The molecule has 0 aliphatic rings. The van der Waals surface area contributed by atoms with Crippen molar-refractivity contribution in [2.45, 2.75) is 17.1 Å². The highest BCUT2D eigenvalue weighted by Crippen LogP contribution is 2.40. The molecule has 11 heteroatoms. The number of nitriles is 1. The van der Waals surface area contributed by atoms with Gasteiger partial charge in [-0.1, -0.05) is 90.5 Å². The van der Waals surface area contributed by atoms with E-state index in [1.54, 1.807) is 72.8 Å². The van der Waals surface area contributed by atoms with Gasteiger partial charge in [-0.15, -0.1) is 23.1 Å². The number of anilines is 2. The number of nitrogens with one attached hydrogen (secondary N) is 3. The average molecular weight is 765 g/mol. The summed E-state index contributed by atoms with van der Waals surface area (Å²) in [5.74, 6) is -0.349. The second-order valence-corrected chi connectivity index (χ2v) is 14.3. The van der Waals surface area contributed by atoms with Gasteiger partial charge < -0.3 is 25.4 Å². The van der Waals surface area contributed by atoms with Gasteiger partial charge in [0, 0.05) is 27.1 Å². The molecule has 5 aromatic carbocycles. The molecule has 0 aliphatic heterocycles. The number of hydrogen-bond acceptors (Lipinski definition) is 8. The van der Waals surface area contributed by atoms with Crippen molar-refractivity contribution in [3.63, 3.8) is 0 Å². The first-order chi connectivity index (χ1) is 26.8. The van der Waals surface area contributed by atoms with Crippen molar-refractivity contribution in [2.24, 2.45) is 0 Å². The van der Waals surface area contributed by atoms with Crippen LogP contribution in [0, 0.1) is 18.3 Å². The van der Waals surface area contributed by atoms with Crippen LogP contribution < -0.4 is 25.4 Å². The summed E-state index contributed by atoms with van der Waals surface area (Å²) >= 11 is 2.61. The van der Waals surface area contributed by atoms with E-state index in [0.29, 0.717) is 43.8 Å².